The minimum Gasteiger partial charge on any atom is -0.497 e. The summed E-state index contributed by atoms with van der Waals surface area (Å²) in [6.07, 6.45) is 0. The van der Waals surface area contributed by atoms with Gasteiger partial charge in [0.05, 0.1) is 18.2 Å². The molecular formula is C22H18Br4N2O6. The summed E-state index contributed by atoms with van der Waals surface area (Å²) in [7, 11) is 1.53. The fraction of sp³-hybridized carbons (Fsp3) is 0.273. The average molecular weight is 726 g/mol. The summed E-state index contributed by atoms with van der Waals surface area (Å²) >= 11 is 13.4. The molecule has 0 aliphatic carbocycles. The number of benzene rings is 2. The first-order valence-corrected chi connectivity index (χ1v) is 13.0. The summed E-state index contributed by atoms with van der Waals surface area (Å²) < 4.78 is 12.1. The number of nitrogens with zero attached hydrogens (tertiary/aromatic N) is 1. The summed E-state index contributed by atoms with van der Waals surface area (Å²) in [5.74, 6) is -2.55. The molecule has 2 aromatic rings. The van der Waals surface area contributed by atoms with E-state index in [2.05, 4.69) is 69.0 Å². The van der Waals surface area contributed by atoms with Crippen LogP contribution in [-0.2, 0) is 14.3 Å². The molecule has 3 amide bonds. The highest BCUT2D eigenvalue weighted by molar-refractivity contribution is 9.15. The average Bonchev–Trinajstić information content (AvgIpc) is 3.05. The van der Waals surface area contributed by atoms with E-state index in [-0.39, 0.29) is 11.1 Å². The lowest BCUT2D eigenvalue weighted by Gasteiger charge is -2.27. The Bertz CT molecular complexity index is 1140. The van der Waals surface area contributed by atoms with Crippen LogP contribution in [0, 0.1) is 5.92 Å². The number of amides is 3. The van der Waals surface area contributed by atoms with E-state index in [0.29, 0.717) is 29.3 Å². The maximum absolute atomic E-state index is 13.2. The van der Waals surface area contributed by atoms with Gasteiger partial charge in [0.1, 0.15) is 11.8 Å². The Morgan fingerprint density at radius 3 is 1.85 bits per heavy atom. The van der Waals surface area contributed by atoms with Crippen LogP contribution in [0.2, 0.25) is 0 Å². The molecule has 1 aliphatic rings. The molecule has 0 unspecified atom stereocenters. The van der Waals surface area contributed by atoms with Crippen LogP contribution in [0.4, 0.5) is 5.69 Å². The van der Waals surface area contributed by atoms with E-state index in [4.69, 9.17) is 9.47 Å². The van der Waals surface area contributed by atoms with Crippen molar-refractivity contribution in [2.75, 3.05) is 19.0 Å². The third-order valence-corrected chi connectivity index (χ3v) is 9.77. The molecule has 34 heavy (non-hydrogen) atoms. The highest BCUT2D eigenvalue weighted by Gasteiger charge is 2.47. The van der Waals surface area contributed by atoms with Crippen molar-refractivity contribution in [2.24, 2.45) is 5.92 Å². The molecule has 1 atom stereocenters. The monoisotopic (exact) mass is 722 g/mol. The zero-order chi connectivity index (χ0) is 25.3. The Labute approximate surface area is 229 Å². The Hall–Kier alpha value is -1.76. The van der Waals surface area contributed by atoms with Crippen LogP contribution < -0.4 is 10.1 Å². The van der Waals surface area contributed by atoms with Crippen molar-refractivity contribution in [1.29, 1.82) is 0 Å². The van der Waals surface area contributed by atoms with E-state index in [0.717, 1.165) is 4.90 Å². The zero-order valence-electron chi connectivity index (χ0n) is 18.1. The molecule has 3 rings (SSSR count). The van der Waals surface area contributed by atoms with Crippen molar-refractivity contribution in [3.8, 4) is 5.75 Å². The molecule has 0 fully saturated rings. The molecule has 180 valence electrons. The molecule has 2 aromatic carbocycles. The zero-order valence-corrected chi connectivity index (χ0v) is 24.4. The van der Waals surface area contributed by atoms with E-state index in [1.165, 1.54) is 7.11 Å². The van der Waals surface area contributed by atoms with Gasteiger partial charge in [-0.25, -0.2) is 4.79 Å². The summed E-state index contributed by atoms with van der Waals surface area (Å²) in [5, 5.41) is 2.60. The van der Waals surface area contributed by atoms with Gasteiger partial charge in [-0.05, 0) is 93.9 Å². The Kier molecular flexibility index (Phi) is 8.59. The van der Waals surface area contributed by atoms with Crippen molar-refractivity contribution in [3.63, 3.8) is 0 Å². The largest absolute Gasteiger partial charge is 0.497 e. The van der Waals surface area contributed by atoms with E-state index >= 15 is 0 Å². The number of anilines is 1. The van der Waals surface area contributed by atoms with Gasteiger partial charge in [-0.1, -0.05) is 13.8 Å². The first-order chi connectivity index (χ1) is 16.0. The molecule has 0 bridgehead atoms. The molecule has 1 N–H and O–H groups in total. The fourth-order valence-electron chi connectivity index (χ4n) is 3.39. The SMILES string of the molecule is COc1ccc(NC(=O)COC(=O)[C@@H](C(C)C)N2C(=O)c3c(Br)c(Br)c(Br)c(Br)c3C2=O)cc1. The second-order valence-corrected chi connectivity index (χ2v) is 10.7. The molecule has 0 saturated heterocycles. The molecule has 0 radical (unpaired) electrons. The Morgan fingerprint density at radius 1 is 0.912 bits per heavy atom. The highest BCUT2D eigenvalue weighted by Crippen LogP contribution is 2.46. The van der Waals surface area contributed by atoms with Crippen LogP contribution in [0.3, 0.4) is 0 Å². The van der Waals surface area contributed by atoms with Gasteiger partial charge in [0.2, 0.25) is 0 Å². The first-order valence-electron chi connectivity index (χ1n) is 9.83. The summed E-state index contributed by atoms with van der Waals surface area (Å²) in [6.45, 7) is 2.79. The van der Waals surface area contributed by atoms with E-state index in [9.17, 15) is 19.2 Å². The predicted molar refractivity (Wildman–Crippen MR) is 139 cm³/mol. The second kappa shape index (κ2) is 10.9. The van der Waals surface area contributed by atoms with Crippen molar-refractivity contribution in [3.05, 3.63) is 53.3 Å². The normalized spacial score (nSPS) is 13.7. The van der Waals surface area contributed by atoms with Gasteiger partial charge >= 0.3 is 5.97 Å². The number of nitrogens with one attached hydrogen (secondary N) is 1. The number of ether oxygens (including phenoxy) is 2. The highest BCUT2D eigenvalue weighted by atomic mass is 79.9. The van der Waals surface area contributed by atoms with Crippen LogP contribution in [0.5, 0.6) is 5.75 Å². The summed E-state index contributed by atoms with van der Waals surface area (Å²) in [5.41, 5.74) is 0.749. The van der Waals surface area contributed by atoms with Crippen LogP contribution in [0.25, 0.3) is 0 Å². The number of carbonyl (C=O) groups excluding carboxylic acids is 4. The topological polar surface area (TPSA) is 102 Å². The van der Waals surface area contributed by atoms with Gasteiger partial charge in [-0.2, -0.15) is 0 Å². The smallest absolute Gasteiger partial charge is 0.330 e. The summed E-state index contributed by atoms with van der Waals surface area (Å²) in [4.78, 5) is 52.6. The van der Waals surface area contributed by atoms with Crippen molar-refractivity contribution < 1.29 is 28.7 Å². The number of esters is 1. The molecule has 0 spiro atoms. The van der Waals surface area contributed by atoms with Crippen molar-refractivity contribution >= 4 is 93.1 Å². The number of imide groups is 1. The number of methoxy groups -OCH3 is 1. The number of fused-ring (bicyclic) bond motifs is 1. The molecule has 0 aromatic heterocycles. The second-order valence-electron chi connectivity index (χ2n) is 7.56. The molecular weight excluding hydrogens is 708 g/mol. The van der Waals surface area contributed by atoms with Crippen LogP contribution in [0.1, 0.15) is 34.6 Å². The lowest BCUT2D eigenvalue weighted by molar-refractivity contribution is -0.152. The number of hydrogen-bond donors (Lipinski definition) is 1. The standard InChI is InChI=1S/C22H18Br4N2O6/c1-9(2)19(22(32)34-8-12(29)27-10-4-6-11(33-3)7-5-10)28-20(30)13-14(21(28)31)16(24)18(26)17(25)15(13)23/h4-7,9,19H,8H2,1-3H3,(H,27,29)/t19-/m1/s1. The van der Waals surface area contributed by atoms with Gasteiger partial charge in [-0.15, -0.1) is 0 Å². The Morgan fingerprint density at radius 2 is 1.41 bits per heavy atom. The fourth-order valence-corrected chi connectivity index (χ4v) is 5.85. The van der Waals surface area contributed by atoms with Gasteiger partial charge in [0.25, 0.3) is 17.7 Å². The third kappa shape index (κ3) is 5.09. The number of carbonyl (C=O) groups is 4. The molecule has 1 heterocycles. The lowest BCUT2D eigenvalue weighted by Crippen LogP contribution is -2.49. The van der Waals surface area contributed by atoms with E-state index in [1.807, 2.05) is 0 Å². The van der Waals surface area contributed by atoms with Crippen molar-refractivity contribution in [2.45, 2.75) is 19.9 Å². The Balaban J connectivity index is 1.78. The third-order valence-electron chi connectivity index (χ3n) is 5.00. The van der Waals surface area contributed by atoms with Gasteiger partial charge in [0, 0.05) is 23.6 Å². The first kappa shape index (κ1) is 26.8. The van der Waals surface area contributed by atoms with Crippen molar-refractivity contribution in [1.82, 2.24) is 4.90 Å². The maximum atomic E-state index is 13.2. The molecule has 12 heteroatoms. The van der Waals surface area contributed by atoms with Crippen LogP contribution in [0.15, 0.2) is 42.2 Å². The molecule has 0 saturated carbocycles. The van der Waals surface area contributed by atoms with Gasteiger partial charge in [0.15, 0.2) is 6.61 Å². The maximum Gasteiger partial charge on any atom is 0.330 e. The van der Waals surface area contributed by atoms with Crippen LogP contribution >= 0.6 is 63.7 Å². The van der Waals surface area contributed by atoms with E-state index in [1.54, 1.807) is 38.1 Å². The number of rotatable bonds is 7. The van der Waals surface area contributed by atoms with E-state index < -0.39 is 42.3 Å². The lowest BCUT2D eigenvalue weighted by atomic mass is 10.0. The van der Waals surface area contributed by atoms with Gasteiger partial charge in [-0.3, -0.25) is 19.3 Å². The predicted octanol–water partition coefficient (Wildman–Crippen LogP) is 5.55. The molecule has 1 aliphatic heterocycles. The van der Waals surface area contributed by atoms with Crippen LogP contribution in [-0.4, -0.2) is 48.3 Å². The molecule has 8 nitrogen and oxygen atoms in total. The van der Waals surface area contributed by atoms with Gasteiger partial charge < -0.3 is 14.8 Å². The number of hydrogen-bond acceptors (Lipinski definition) is 6. The minimum absolute atomic E-state index is 0.127. The summed E-state index contributed by atoms with van der Waals surface area (Å²) in [6, 6.07) is 5.40. The quantitative estimate of drug-likeness (QED) is 0.174. The minimum atomic E-state index is -1.22. The number of halogens is 4.